The van der Waals surface area contributed by atoms with Crippen LogP contribution >= 0.6 is 11.8 Å². The van der Waals surface area contributed by atoms with Crippen LogP contribution in [0.3, 0.4) is 0 Å². The predicted molar refractivity (Wildman–Crippen MR) is 80.9 cm³/mol. The third kappa shape index (κ3) is 6.52. The molecule has 1 nitrogen and oxygen atoms in total. The molecule has 1 rings (SSSR count). The lowest BCUT2D eigenvalue weighted by Crippen LogP contribution is -2.34. The summed E-state index contributed by atoms with van der Waals surface area (Å²) in [5.41, 5.74) is 1.69. The fourth-order valence-corrected chi connectivity index (χ4v) is 3.34. The normalized spacial score (nSPS) is 18.6. The van der Waals surface area contributed by atoms with Gasteiger partial charge in [-0.3, -0.25) is 0 Å². The molecular formula is C15H29NS. The van der Waals surface area contributed by atoms with Crippen molar-refractivity contribution in [1.82, 2.24) is 5.32 Å². The van der Waals surface area contributed by atoms with E-state index < -0.39 is 0 Å². The van der Waals surface area contributed by atoms with Gasteiger partial charge in [-0.1, -0.05) is 31.9 Å². The maximum atomic E-state index is 3.74. The summed E-state index contributed by atoms with van der Waals surface area (Å²) in [6, 6.07) is 0.643. The molecule has 0 radical (unpaired) electrons. The highest BCUT2D eigenvalue weighted by molar-refractivity contribution is 7.99. The largest absolute Gasteiger partial charge is 0.310 e. The Bertz CT molecular complexity index is 213. The van der Waals surface area contributed by atoms with Gasteiger partial charge in [0.15, 0.2) is 0 Å². The van der Waals surface area contributed by atoms with E-state index in [2.05, 4.69) is 37.0 Å². The Morgan fingerprint density at radius 3 is 2.88 bits per heavy atom. The average molecular weight is 255 g/mol. The zero-order valence-corrected chi connectivity index (χ0v) is 12.5. The van der Waals surface area contributed by atoms with E-state index in [1.807, 2.05) is 0 Å². The highest BCUT2D eigenvalue weighted by Crippen LogP contribution is 2.22. The molecule has 2 heteroatoms. The average Bonchev–Trinajstić information content (AvgIpc) is 2.62. The second-order valence-electron chi connectivity index (χ2n) is 4.96. The number of thioether (sulfide) groups is 1. The van der Waals surface area contributed by atoms with E-state index in [0.29, 0.717) is 6.04 Å². The molecule has 1 N–H and O–H groups in total. The molecule has 0 saturated carbocycles. The van der Waals surface area contributed by atoms with Crippen LogP contribution in [-0.2, 0) is 0 Å². The number of rotatable bonds is 8. The summed E-state index contributed by atoms with van der Waals surface area (Å²) < 4.78 is 0. The van der Waals surface area contributed by atoms with Gasteiger partial charge in [0, 0.05) is 11.8 Å². The first-order valence-corrected chi connectivity index (χ1v) is 8.54. The monoisotopic (exact) mass is 255 g/mol. The lowest BCUT2D eigenvalue weighted by atomic mass is 10.0. The summed E-state index contributed by atoms with van der Waals surface area (Å²) in [5.74, 6) is 2.57. The van der Waals surface area contributed by atoms with Gasteiger partial charge in [-0.05, 0) is 50.8 Å². The molecule has 0 aliphatic heterocycles. The van der Waals surface area contributed by atoms with Crippen molar-refractivity contribution in [3.63, 3.8) is 0 Å². The summed E-state index contributed by atoms with van der Waals surface area (Å²) in [4.78, 5) is 0. The number of nitrogens with one attached hydrogen (secondary N) is 1. The fourth-order valence-electron chi connectivity index (χ4n) is 2.32. The highest BCUT2D eigenvalue weighted by atomic mass is 32.2. The minimum absolute atomic E-state index is 0.643. The van der Waals surface area contributed by atoms with E-state index in [0.717, 1.165) is 6.54 Å². The van der Waals surface area contributed by atoms with Gasteiger partial charge < -0.3 is 5.32 Å². The Hall–Kier alpha value is 0.0500. The molecule has 0 fully saturated rings. The van der Waals surface area contributed by atoms with Crippen molar-refractivity contribution in [2.45, 2.75) is 64.8 Å². The molecule has 0 aromatic rings. The summed E-state index contributed by atoms with van der Waals surface area (Å²) in [6.07, 6.45) is 11.9. The van der Waals surface area contributed by atoms with Crippen LogP contribution in [0.25, 0.3) is 0 Å². The summed E-state index contributed by atoms with van der Waals surface area (Å²) >= 11 is 2.11. The van der Waals surface area contributed by atoms with Crippen LogP contribution < -0.4 is 5.32 Å². The topological polar surface area (TPSA) is 12.0 Å². The van der Waals surface area contributed by atoms with Crippen LogP contribution in [0.4, 0.5) is 0 Å². The molecule has 1 atom stereocenters. The van der Waals surface area contributed by atoms with Gasteiger partial charge in [0.05, 0.1) is 0 Å². The van der Waals surface area contributed by atoms with Gasteiger partial charge >= 0.3 is 0 Å². The Morgan fingerprint density at radius 1 is 1.24 bits per heavy atom. The van der Waals surface area contributed by atoms with Crippen LogP contribution in [-0.4, -0.2) is 24.1 Å². The van der Waals surface area contributed by atoms with Crippen molar-refractivity contribution in [3.05, 3.63) is 11.6 Å². The quantitative estimate of drug-likeness (QED) is 0.510. The van der Waals surface area contributed by atoms with E-state index in [-0.39, 0.29) is 0 Å². The van der Waals surface area contributed by atoms with Crippen molar-refractivity contribution < 1.29 is 0 Å². The smallest absolute Gasteiger partial charge is 0.0370 e. The van der Waals surface area contributed by atoms with E-state index in [1.165, 1.54) is 56.5 Å². The van der Waals surface area contributed by atoms with Crippen LogP contribution in [0.5, 0.6) is 0 Å². The SMILES string of the molecule is CCCNC(CSCCC)C1=CCCCCC1. The van der Waals surface area contributed by atoms with E-state index >= 15 is 0 Å². The zero-order valence-electron chi connectivity index (χ0n) is 11.6. The molecule has 0 amide bonds. The van der Waals surface area contributed by atoms with Crippen LogP contribution in [0.2, 0.25) is 0 Å². The van der Waals surface area contributed by atoms with Gasteiger partial charge in [0.2, 0.25) is 0 Å². The minimum Gasteiger partial charge on any atom is -0.310 e. The lowest BCUT2D eigenvalue weighted by molar-refractivity contribution is 0.584. The molecule has 1 aliphatic carbocycles. The summed E-state index contributed by atoms with van der Waals surface area (Å²) in [7, 11) is 0. The van der Waals surface area contributed by atoms with E-state index in [1.54, 1.807) is 5.57 Å². The molecule has 0 aromatic heterocycles. The third-order valence-corrected chi connectivity index (χ3v) is 4.56. The Kier molecular flexibility index (Phi) is 8.90. The van der Waals surface area contributed by atoms with Crippen LogP contribution in [0, 0.1) is 0 Å². The molecule has 0 aromatic carbocycles. The Balaban J connectivity index is 2.44. The van der Waals surface area contributed by atoms with Crippen molar-refractivity contribution in [2.75, 3.05) is 18.1 Å². The molecule has 0 heterocycles. The van der Waals surface area contributed by atoms with Gasteiger partial charge in [-0.25, -0.2) is 0 Å². The minimum atomic E-state index is 0.643. The number of allylic oxidation sites excluding steroid dienone is 1. The van der Waals surface area contributed by atoms with E-state index in [4.69, 9.17) is 0 Å². The molecular weight excluding hydrogens is 226 g/mol. The summed E-state index contributed by atoms with van der Waals surface area (Å²) in [6.45, 7) is 5.69. The second kappa shape index (κ2) is 10.0. The molecule has 1 aliphatic rings. The van der Waals surface area contributed by atoms with Crippen molar-refractivity contribution in [1.29, 1.82) is 0 Å². The van der Waals surface area contributed by atoms with E-state index in [9.17, 15) is 0 Å². The highest BCUT2D eigenvalue weighted by Gasteiger charge is 2.14. The maximum Gasteiger partial charge on any atom is 0.0370 e. The summed E-state index contributed by atoms with van der Waals surface area (Å²) in [5, 5.41) is 3.74. The molecule has 17 heavy (non-hydrogen) atoms. The standard InChI is InChI=1S/C15H29NS/c1-3-11-16-15(13-17-12-4-2)14-9-7-5-6-8-10-14/h9,15-16H,3-8,10-13H2,1-2H3. The Morgan fingerprint density at radius 2 is 2.12 bits per heavy atom. The molecule has 0 bridgehead atoms. The van der Waals surface area contributed by atoms with Gasteiger partial charge in [0.25, 0.3) is 0 Å². The van der Waals surface area contributed by atoms with Crippen LogP contribution in [0.1, 0.15) is 58.8 Å². The zero-order chi connectivity index (χ0) is 12.3. The van der Waals surface area contributed by atoms with Crippen LogP contribution in [0.15, 0.2) is 11.6 Å². The first-order valence-electron chi connectivity index (χ1n) is 7.38. The van der Waals surface area contributed by atoms with Gasteiger partial charge in [-0.2, -0.15) is 11.8 Å². The second-order valence-corrected chi connectivity index (χ2v) is 6.11. The molecule has 0 saturated heterocycles. The van der Waals surface area contributed by atoms with Gasteiger partial charge in [0.1, 0.15) is 0 Å². The lowest BCUT2D eigenvalue weighted by Gasteiger charge is -2.21. The maximum absolute atomic E-state index is 3.74. The van der Waals surface area contributed by atoms with Crippen molar-refractivity contribution in [3.8, 4) is 0 Å². The Labute approximate surface area is 112 Å². The molecule has 0 spiro atoms. The third-order valence-electron chi connectivity index (χ3n) is 3.30. The fraction of sp³-hybridized carbons (Fsp3) is 0.867. The number of hydrogen-bond donors (Lipinski definition) is 1. The first-order chi connectivity index (χ1) is 8.38. The van der Waals surface area contributed by atoms with Crippen molar-refractivity contribution >= 4 is 11.8 Å². The van der Waals surface area contributed by atoms with Crippen molar-refractivity contribution in [2.24, 2.45) is 0 Å². The first kappa shape index (κ1) is 15.1. The predicted octanol–water partition coefficient (Wildman–Crippen LogP) is 4.39. The molecule has 100 valence electrons. The van der Waals surface area contributed by atoms with Gasteiger partial charge in [-0.15, -0.1) is 0 Å². The number of hydrogen-bond acceptors (Lipinski definition) is 2. The molecule has 1 unspecified atom stereocenters.